The van der Waals surface area contributed by atoms with Crippen LogP contribution in [-0.4, -0.2) is 36.2 Å². The van der Waals surface area contributed by atoms with Gasteiger partial charge in [-0.3, -0.25) is 4.90 Å². The highest BCUT2D eigenvalue weighted by molar-refractivity contribution is 5.85. The molecule has 1 aromatic carbocycles. The molecule has 2 aromatic rings. The molecule has 3 rings (SSSR count). The van der Waals surface area contributed by atoms with E-state index in [0.717, 1.165) is 36.5 Å². The molecule has 18 heavy (non-hydrogen) atoms. The van der Waals surface area contributed by atoms with Crippen LogP contribution in [0.3, 0.4) is 0 Å². The summed E-state index contributed by atoms with van der Waals surface area (Å²) in [4.78, 5) is 6.74. The number of aromatic nitrogens is 1. The number of ether oxygens (including phenoxy) is 1. The van der Waals surface area contributed by atoms with Gasteiger partial charge >= 0.3 is 0 Å². The van der Waals surface area contributed by atoms with Crippen molar-refractivity contribution in [1.82, 2.24) is 9.88 Å². The first-order chi connectivity index (χ1) is 8.76. The van der Waals surface area contributed by atoms with Crippen LogP contribution in [0.1, 0.15) is 12.3 Å². The maximum atomic E-state index is 5.87. The fourth-order valence-corrected chi connectivity index (χ4v) is 2.41. The molecule has 96 valence electrons. The predicted octanol–water partition coefficient (Wildman–Crippen LogP) is 1.63. The topological polar surface area (TPSA) is 64.5 Å². The van der Waals surface area contributed by atoms with Crippen molar-refractivity contribution < 1.29 is 9.15 Å². The summed E-state index contributed by atoms with van der Waals surface area (Å²) in [5.41, 5.74) is 8.05. The molecule has 0 bridgehead atoms. The van der Waals surface area contributed by atoms with Gasteiger partial charge in [0.1, 0.15) is 5.52 Å². The van der Waals surface area contributed by atoms with Crippen LogP contribution in [0.5, 0.6) is 0 Å². The minimum Gasteiger partial charge on any atom is -0.439 e. The number of methoxy groups -OCH3 is 1. The summed E-state index contributed by atoms with van der Waals surface area (Å²) < 4.78 is 11.1. The summed E-state index contributed by atoms with van der Waals surface area (Å²) in [6, 6.07) is 5.61. The first-order valence-electron chi connectivity index (χ1n) is 6.15. The molecule has 0 aliphatic carbocycles. The standard InChI is InChI=1S/C13H17N3O2/c1-17-9-5-6-16(7-9)8-12-15-13-10(14)3-2-4-11(13)18-12/h2-4,9H,5-8,14H2,1H3. The predicted molar refractivity (Wildman–Crippen MR) is 69.1 cm³/mol. The van der Waals surface area contributed by atoms with Crippen molar-refractivity contribution in [3.63, 3.8) is 0 Å². The quantitative estimate of drug-likeness (QED) is 0.835. The fraction of sp³-hybridized carbons (Fsp3) is 0.462. The molecule has 1 unspecified atom stereocenters. The van der Waals surface area contributed by atoms with Crippen LogP contribution in [-0.2, 0) is 11.3 Å². The third-order valence-electron chi connectivity index (χ3n) is 3.42. The number of hydrogen-bond acceptors (Lipinski definition) is 5. The third kappa shape index (κ3) is 2.07. The number of nitrogens with two attached hydrogens (primary N) is 1. The second kappa shape index (κ2) is 4.59. The zero-order chi connectivity index (χ0) is 12.5. The number of para-hydroxylation sites is 1. The summed E-state index contributed by atoms with van der Waals surface area (Å²) in [7, 11) is 1.76. The summed E-state index contributed by atoms with van der Waals surface area (Å²) in [6.07, 6.45) is 1.40. The van der Waals surface area contributed by atoms with E-state index in [2.05, 4.69) is 9.88 Å². The van der Waals surface area contributed by atoms with Crippen molar-refractivity contribution in [2.75, 3.05) is 25.9 Å². The van der Waals surface area contributed by atoms with Gasteiger partial charge in [0, 0.05) is 20.2 Å². The first-order valence-corrected chi connectivity index (χ1v) is 6.15. The highest BCUT2D eigenvalue weighted by Gasteiger charge is 2.23. The lowest BCUT2D eigenvalue weighted by atomic mass is 10.3. The normalized spacial score (nSPS) is 20.8. The van der Waals surface area contributed by atoms with Crippen molar-refractivity contribution in [2.24, 2.45) is 0 Å². The zero-order valence-electron chi connectivity index (χ0n) is 10.4. The summed E-state index contributed by atoms with van der Waals surface area (Å²) >= 11 is 0. The molecular weight excluding hydrogens is 230 g/mol. The Labute approximate surface area is 106 Å². The van der Waals surface area contributed by atoms with Crippen molar-refractivity contribution >= 4 is 16.8 Å². The molecule has 0 radical (unpaired) electrons. The Bertz CT molecular complexity index is 552. The minimum atomic E-state index is 0.333. The molecular formula is C13H17N3O2. The van der Waals surface area contributed by atoms with Gasteiger partial charge in [0.05, 0.1) is 18.3 Å². The van der Waals surface area contributed by atoms with Gasteiger partial charge in [-0.25, -0.2) is 4.98 Å². The van der Waals surface area contributed by atoms with Crippen LogP contribution in [0.2, 0.25) is 0 Å². The summed E-state index contributed by atoms with van der Waals surface area (Å²) in [5.74, 6) is 0.722. The van der Waals surface area contributed by atoms with Gasteiger partial charge in [0.15, 0.2) is 5.58 Å². The van der Waals surface area contributed by atoms with Gasteiger partial charge in [0.2, 0.25) is 5.89 Å². The van der Waals surface area contributed by atoms with E-state index in [4.69, 9.17) is 14.9 Å². The molecule has 5 heteroatoms. The Kier molecular flexibility index (Phi) is 2.93. The number of oxazole rings is 1. The SMILES string of the molecule is COC1CCN(Cc2nc3c(N)cccc3o2)C1. The van der Waals surface area contributed by atoms with E-state index in [1.165, 1.54) is 0 Å². The molecule has 1 aliphatic heterocycles. The van der Waals surface area contributed by atoms with Gasteiger partial charge in [-0.1, -0.05) is 6.07 Å². The third-order valence-corrected chi connectivity index (χ3v) is 3.42. The molecule has 0 saturated carbocycles. The van der Waals surface area contributed by atoms with Crippen LogP contribution in [0.4, 0.5) is 5.69 Å². The molecule has 1 fully saturated rings. The number of hydrogen-bond donors (Lipinski definition) is 1. The van der Waals surface area contributed by atoms with E-state index in [1.807, 2.05) is 18.2 Å². The lowest BCUT2D eigenvalue weighted by Crippen LogP contribution is -2.22. The van der Waals surface area contributed by atoms with Crippen molar-refractivity contribution in [3.05, 3.63) is 24.1 Å². The highest BCUT2D eigenvalue weighted by atomic mass is 16.5. The molecule has 2 heterocycles. The second-order valence-electron chi connectivity index (χ2n) is 4.68. The lowest BCUT2D eigenvalue weighted by Gasteiger charge is -2.12. The van der Waals surface area contributed by atoms with Crippen molar-refractivity contribution in [1.29, 1.82) is 0 Å². The number of likely N-dealkylation sites (tertiary alicyclic amines) is 1. The molecule has 2 N–H and O–H groups in total. The number of fused-ring (bicyclic) bond motifs is 1. The maximum absolute atomic E-state index is 5.87. The Morgan fingerprint density at radius 2 is 2.44 bits per heavy atom. The first kappa shape index (κ1) is 11.5. The van der Waals surface area contributed by atoms with Gasteiger partial charge < -0.3 is 14.9 Å². The van der Waals surface area contributed by atoms with Crippen LogP contribution < -0.4 is 5.73 Å². The summed E-state index contributed by atoms with van der Waals surface area (Å²) in [6.45, 7) is 2.67. The summed E-state index contributed by atoms with van der Waals surface area (Å²) in [5, 5.41) is 0. The van der Waals surface area contributed by atoms with Gasteiger partial charge in [0.25, 0.3) is 0 Å². The average Bonchev–Trinajstić information content (AvgIpc) is 2.96. The van der Waals surface area contributed by atoms with E-state index in [1.54, 1.807) is 7.11 Å². The molecule has 1 atom stereocenters. The average molecular weight is 247 g/mol. The Morgan fingerprint density at radius 3 is 3.17 bits per heavy atom. The Hall–Kier alpha value is -1.59. The van der Waals surface area contributed by atoms with E-state index >= 15 is 0 Å². The smallest absolute Gasteiger partial charge is 0.209 e. The van der Waals surface area contributed by atoms with Crippen molar-refractivity contribution in [3.8, 4) is 0 Å². The molecule has 1 aliphatic rings. The van der Waals surface area contributed by atoms with Gasteiger partial charge in [-0.15, -0.1) is 0 Å². The maximum Gasteiger partial charge on any atom is 0.209 e. The van der Waals surface area contributed by atoms with Gasteiger partial charge in [-0.2, -0.15) is 0 Å². The molecule has 5 nitrogen and oxygen atoms in total. The van der Waals surface area contributed by atoms with E-state index < -0.39 is 0 Å². The number of nitrogens with zero attached hydrogens (tertiary/aromatic N) is 2. The van der Waals surface area contributed by atoms with E-state index in [-0.39, 0.29) is 0 Å². The molecule has 0 spiro atoms. The van der Waals surface area contributed by atoms with E-state index in [9.17, 15) is 0 Å². The van der Waals surface area contributed by atoms with Crippen molar-refractivity contribution in [2.45, 2.75) is 19.1 Å². The lowest BCUT2D eigenvalue weighted by molar-refractivity contribution is 0.106. The monoisotopic (exact) mass is 247 g/mol. The largest absolute Gasteiger partial charge is 0.439 e. The molecule has 0 amide bonds. The molecule has 1 aromatic heterocycles. The second-order valence-corrected chi connectivity index (χ2v) is 4.68. The van der Waals surface area contributed by atoms with E-state index in [0.29, 0.717) is 18.3 Å². The van der Waals surface area contributed by atoms with Crippen LogP contribution in [0.15, 0.2) is 22.6 Å². The highest BCUT2D eigenvalue weighted by Crippen LogP contribution is 2.23. The number of benzene rings is 1. The number of rotatable bonds is 3. The number of anilines is 1. The number of nitrogen functional groups attached to an aromatic ring is 1. The zero-order valence-corrected chi connectivity index (χ0v) is 10.4. The van der Waals surface area contributed by atoms with Crippen LogP contribution in [0.25, 0.3) is 11.1 Å². The Balaban J connectivity index is 1.77. The Morgan fingerprint density at radius 1 is 1.56 bits per heavy atom. The molecule has 1 saturated heterocycles. The minimum absolute atomic E-state index is 0.333. The fourth-order valence-electron chi connectivity index (χ4n) is 2.41. The van der Waals surface area contributed by atoms with Crippen LogP contribution >= 0.6 is 0 Å². The van der Waals surface area contributed by atoms with Gasteiger partial charge in [-0.05, 0) is 18.6 Å². The van der Waals surface area contributed by atoms with Crippen LogP contribution in [0, 0.1) is 0 Å².